The highest BCUT2D eigenvalue weighted by Crippen LogP contribution is 2.20. The summed E-state index contributed by atoms with van der Waals surface area (Å²) in [6, 6.07) is 15.3. The van der Waals surface area contributed by atoms with Crippen LogP contribution in [0.4, 0.5) is 21.9 Å². The van der Waals surface area contributed by atoms with Gasteiger partial charge in [0.1, 0.15) is 5.82 Å². The molecule has 1 heterocycles. The summed E-state index contributed by atoms with van der Waals surface area (Å²) >= 11 is 0. The average Bonchev–Trinajstić information content (AvgIpc) is 2.93. The molecule has 0 aromatic heterocycles. The van der Waals surface area contributed by atoms with Crippen LogP contribution >= 0.6 is 0 Å². The Morgan fingerprint density at radius 3 is 2.29 bits per heavy atom. The first-order valence-electron chi connectivity index (χ1n) is 12.6. The summed E-state index contributed by atoms with van der Waals surface area (Å²) in [4.78, 5) is 32.2. The molecule has 0 spiro atoms. The summed E-state index contributed by atoms with van der Waals surface area (Å²) in [5.41, 5.74) is 10.2. The van der Waals surface area contributed by atoms with E-state index in [-0.39, 0.29) is 11.9 Å². The number of carbonyl (C=O) groups is 2. The Morgan fingerprint density at radius 2 is 1.66 bits per heavy atom. The Bertz CT molecular complexity index is 1140. The molecule has 5 N–H and O–H groups in total. The van der Waals surface area contributed by atoms with Gasteiger partial charge in [0.2, 0.25) is 5.91 Å². The highest BCUT2D eigenvalue weighted by molar-refractivity contribution is 5.91. The zero-order chi connectivity index (χ0) is 27.3. The number of nitrogens with zero attached hydrogens (tertiary/aromatic N) is 3. The number of allylic oxidation sites excluding steroid dienone is 1. The monoisotopic (exact) mass is 519 g/mol. The molecule has 0 saturated carbocycles. The Balaban J connectivity index is 1.46. The van der Waals surface area contributed by atoms with Crippen LogP contribution < -0.4 is 26.6 Å². The number of methoxy groups -OCH3 is 1. The van der Waals surface area contributed by atoms with Gasteiger partial charge in [-0.3, -0.25) is 4.79 Å². The molecular weight excluding hydrogens is 482 g/mol. The van der Waals surface area contributed by atoms with Gasteiger partial charge in [-0.2, -0.15) is 0 Å². The maximum Gasteiger partial charge on any atom is 0.317 e. The van der Waals surface area contributed by atoms with Crippen molar-refractivity contribution in [3.63, 3.8) is 0 Å². The van der Waals surface area contributed by atoms with Gasteiger partial charge in [0.05, 0.1) is 13.0 Å². The number of piperazine rings is 1. The maximum atomic E-state index is 12.0. The van der Waals surface area contributed by atoms with Crippen LogP contribution in [0, 0.1) is 0 Å². The molecule has 10 nitrogen and oxygen atoms in total. The fraction of sp³-hybridized carbons (Fsp3) is 0.321. The molecule has 38 heavy (non-hydrogen) atoms. The second kappa shape index (κ2) is 14.4. The molecule has 3 amide bonds. The van der Waals surface area contributed by atoms with Crippen molar-refractivity contribution in [1.82, 2.24) is 10.2 Å². The largest absolute Gasteiger partial charge is 0.398 e. The lowest BCUT2D eigenvalue weighted by Gasteiger charge is -2.36. The lowest BCUT2D eigenvalue weighted by atomic mass is 10.1. The molecule has 2 aromatic carbocycles. The van der Waals surface area contributed by atoms with E-state index in [9.17, 15) is 9.59 Å². The third kappa shape index (κ3) is 8.67. The molecule has 0 radical (unpaired) electrons. The van der Waals surface area contributed by atoms with Crippen LogP contribution in [-0.2, 0) is 9.53 Å². The molecular formula is C28H37N7O3. The van der Waals surface area contributed by atoms with Crippen LogP contribution in [0.1, 0.15) is 18.9 Å². The van der Waals surface area contributed by atoms with E-state index >= 15 is 0 Å². The predicted molar refractivity (Wildman–Crippen MR) is 154 cm³/mol. The van der Waals surface area contributed by atoms with Crippen LogP contribution in [0.15, 0.2) is 72.0 Å². The molecule has 2 aromatic rings. The van der Waals surface area contributed by atoms with Crippen molar-refractivity contribution in [2.75, 3.05) is 62.0 Å². The van der Waals surface area contributed by atoms with Gasteiger partial charge in [0, 0.05) is 68.8 Å². The molecule has 0 aliphatic carbocycles. The molecule has 1 saturated heterocycles. The smallest absolute Gasteiger partial charge is 0.317 e. The summed E-state index contributed by atoms with van der Waals surface area (Å²) < 4.78 is 4.91. The van der Waals surface area contributed by atoms with E-state index in [1.807, 2.05) is 48.2 Å². The summed E-state index contributed by atoms with van der Waals surface area (Å²) in [6.07, 6.45) is 3.59. The average molecular weight is 520 g/mol. The molecule has 1 aliphatic heterocycles. The van der Waals surface area contributed by atoms with E-state index in [0.717, 1.165) is 30.0 Å². The second-order valence-corrected chi connectivity index (χ2v) is 8.70. The minimum absolute atomic E-state index is 0.000297. The van der Waals surface area contributed by atoms with Crippen molar-refractivity contribution in [3.8, 4) is 0 Å². The number of benzene rings is 2. The molecule has 3 rings (SSSR count). The van der Waals surface area contributed by atoms with Crippen LogP contribution in [0.3, 0.4) is 0 Å². The van der Waals surface area contributed by atoms with Crippen LogP contribution in [0.2, 0.25) is 0 Å². The number of nitrogens with two attached hydrogens (primary N) is 1. The summed E-state index contributed by atoms with van der Waals surface area (Å²) in [5, 5.41) is 8.83. The van der Waals surface area contributed by atoms with Crippen molar-refractivity contribution < 1.29 is 14.3 Å². The molecule has 1 aliphatic rings. The molecule has 0 atom stereocenters. The number of urea groups is 1. The van der Waals surface area contributed by atoms with Gasteiger partial charge in [-0.1, -0.05) is 18.7 Å². The van der Waals surface area contributed by atoms with Crippen molar-refractivity contribution >= 4 is 40.9 Å². The Kier molecular flexibility index (Phi) is 10.7. The third-order valence-corrected chi connectivity index (χ3v) is 5.94. The van der Waals surface area contributed by atoms with Gasteiger partial charge < -0.3 is 36.2 Å². The number of nitrogens with one attached hydrogen (secondary N) is 3. The Labute approximate surface area is 224 Å². The summed E-state index contributed by atoms with van der Waals surface area (Å²) in [6.45, 7) is 9.87. The SMILES string of the molecule is C=C(/N=C\C=C(/N)c1ccc(NC(=O)CCOC)cc1)Nc1ccc(N2CCN(C(=O)NCC)CC2)cc1. The molecule has 0 unspecified atom stereocenters. The topological polar surface area (TPSA) is 124 Å². The zero-order valence-electron chi connectivity index (χ0n) is 22.1. The minimum atomic E-state index is -0.105. The van der Waals surface area contributed by atoms with Crippen LogP contribution in [0.5, 0.6) is 0 Å². The quantitative estimate of drug-likeness (QED) is 0.337. The first-order chi connectivity index (χ1) is 18.4. The standard InChI is InChI=1S/C28H37N7O3/c1-4-30-28(37)35-18-16-34(17-19-35)25-11-9-23(10-12-25)32-21(2)31-15-13-26(29)22-5-7-24(8-6-22)33-27(36)14-20-38-3/h5-13,15,32H,2,4,14,16-20,29H2,1,3H3,(H,30,37)(H,33,36)/b26-13-,31-15-. The van der Waals surface area contributed by atoms with Crippen molar-refractivity contribution in [2.24, 2.45) is 10.7 Å². The van der Waals surface area contributed by atoms with Crippen molar-refractivity contribution in [3.05, 3.63) is 72.6 Å². The third-order valence-electron chi connectivity index (χ3n) is 5.94. The van der Waals surface area contributed by atoms with E-state index in [2.05, 4.69) is 32.4 Å². The van der Waals surface area contributed by atoms with E-state index < -0.39 is 0 Å². The normalized spacial score (nSPS) is 13.9. The molecule has 0 bridgehead atoms. The Hall–Kier alpha value is -4.31. The fourth-order valence-electron chi connectivity index (χ4n) is 3.85. The highest BCUT2D eigenvalue weighted by atomic mass is 16.5. The van der Waals surface area contributed by atoms with Gasteiger partial charge >= 0.3 is 6.03 Å². The predicted octanol–water partition coefficient (Wildman–Crippen LogP) is 3.47. The van der Waals surface area contributed by atoms with Crippen LogP contribution in [0.25, 0.3) is 5.70 Å². The number of amides is 3. The molecule has 10 heteroatoms. The van der Waals surface area contributed by atoms with Gasteiger partial charge in [0.15, 0.2) is 0 Å². The first kappa shape index (κ1) is 28.3. The lowest BCUT2D eigenvalue weighted by molar-refractivity contribution is -0.117. The molecule has 202 valence electrons. The number of carbonyl (C=O) groups excluding carboxylic acids is 2. The first-order valence-corrected chi connectivity index (χ1v) is 12.6. The van der Waals surface area contributed by atoms with E-state index in [1.54, 1.807) is 31.5 Å². The van der Waals surface area contributed by atoms with Gasteiger partial charge in [-0.15, -0.1) is 0 Å². The number of hydrogen-bond donors (Lipinski definition) is 4. The molecule has 1 fully saturated rings. The van der Waals surface area contributed by atoms with Crippen molar-refractivity contribution in [2.45, 2.75) is 13.3 Å². The van der Waals surface area contributed by atoms with Gasteiger partial charge in [0.25, 0.3) is 0 Å². The van der Waals surface area contributed by atoms with Gasteiger partial charge in [-0.05, 0) is 55.0 Å². The van der Waals surface area contributed by atoms with E-state index in [4.69, 9.17) is 10.5 Å². The lowest BCUT2D eigenvalue weighted by Crippen LogP contribution is -2.51. The summed E-state index contributed by atoms with van der Waals surface area (Å²) in [5.74, 6) is 0.374. The van der Waals surface area contributed by atoms with Crippen molar-refractivity contribution in [1.29, 1.82) is 0 Å². The maximum absolute atomic E-state index is 12.0. The number of ether oxygens (including phenoxy) is 1. The second-order valence-electron chi connectivity index (χ2n) is 8.70. The Morgan fingerprint density at radius 1 is 1.03 bits per heavy atom. The van der Waals surface area contributed by atoms with Crippen LogP contribution in [-0.4, -0.2) is 69.5 Å². The zero-order valence-corrected chi connectivity index (χ0v) is 22.1. The summed E-state index contributed by atoms with van der Waals surface area (Å²) in [7, 11) is 1.56. The number of rotatable bonds is 11. The number of hydrogen-bond acceptors (Lipinski definition) is 7. The fourth-order valence-corrected chi connectivity index (χ4v) is 3.85. The van der Waals surface area contributed by atoms with E-state index in [0.29, 0.717) is 49.9 Å². The number of aliphatic imine (C=N–C) groups is 1. The highest BCUT2D eigenvalue weighted by Gasteiger charge is 2.20. The van der Waals surface area contributed by atoms with E-state index in [1.165, 1.54) is 0 Å². The minimum Gasteiger partial charge on any atom is -0.398 e. The van der Waals surface area contributed by atoms with Gasteiger partial charge in [-0.25, -0.2) is 9.79 Å². The number of anilines is 3.